The number of hydrogen-bond donors (Lipinski definition) is 0. The summed E-state index contributed by atoms with van der Waals surface area (Å²) in [4.78, 5) is 4.69. The van der Waals surface area contributed by atoms with Gasteiger partial charge in [-0.3, -0.25) is 5.10 Å². The second-order valence-electron chi connectivity index (χ2n) is 5.37. The summed E-state index contributed by atoms with van der Waals surface area (Å²) in [5.41, 5.74) is 3.82. The van der Waals surface area contributed by atoms with Gasteiger partial charge in [0.2, 0.25) is 0 Å². The minimum atomic E-state index is 0. The van der Waals surface area contributed by atoms with Gasteiger partial charge >= 0.3 is 29.6 Å². The van der Waals surface area contributed by atoms with Crippen molar-refractivity contribution in [1.29, 1.82) is 0 Å². The van der Waals surface area contributed by atoms with Crippen molar-refractivity contribution in [2.75, 3.05) is 0 Å². The van der Waals surface area contributed by atoms with E-state index < -0.39 is 0 Å². The van der Waals surface area contributed by atoms with E-state index in [4.69, 9.17) is 17.2 Å². The Labute approximate surface area is 166 Å². The molecule has 0 atom stereocenters. The van der Waals surface area contributed by atoms with Crippen LogP contribution < -0.4 is 34.7 Å². The Morgan fingerprint density at radius 2 is 1.71 bits per heavy atom. The predicted molar refractivity (Wildman–Crippen MR) is 93.2 cm³/mol. The van der Waals surface area contributed by atoms with Crippen LogP contribution in [0.15, 0.2) is 60.7 Å². The van der Waals surface area contributed by atoms with Gasteiger partial charge in [0, 0.05) is 10.2 Å². The van der Waals surface area contributed by atoms with Crippen LogP contribution in [0, 0.1) is 11.7 Å². The van der Waals surface area contributed by atoms with Gasteiger partial charge in [-0.15, -0.1) is 0 Å². The number of para-hydroxylation sites is 1. The Kier molecular flexibility index (Phi) is 4.96. The minimum absolute atomic E-state index is 0. The van der Waals surface area contributed by atoms with Crippen LogP contribution in [0.4, 0.5) is 0 Å². The molecule has 0 amide bonds. The summed E-state index contributed by atoms with van der Waals surface area (Å²) < 4.78 is 2.28. The first-order valence-electron chi connectivity index (χ1n) is 7.28. The molecule has 2 aromatic carbocycles. The predicted octanol–water partition coefficient (Wildman–Crippen LogP) is 1.09. The van der Waals surface area contributed by atoms with Crippen LogP contribution in [0.1, 0.15) is 5.56 Å². The topological polar surface area (TPSA) is 44.8 Å². The molecule has 0 N–H and O–H groups in total. The third-order valence-electron chi connectivity index (χ3n) is 3.75. The number of aromatic nitrogens is 4. The second-order valence-corrected chi connectivity index (χ2v) is 5.73. The number of rotatable bonds is 2. The van der Waals surface area contributed by atoms with E-state index in [2.05, 4.69) is 17.1 Å². The third kappa shape index (κ3) is 3.08. The average molecular weight is 340 g/mol. The molecule has 0 bridgehead atoms. The molecular formula is C18H13N4NaS. The Morgan fingerprint density at radius 1 is 0.958 bits per heavy atom. The quantitative estimate of drug-likeness (QED) is 0.405. The van der Waals surface area contributed by atoms with Crippen LogP contribution in [-0.2, 0) is 0 Å². The molecule has 2 aromatic heterocycles. The zero-order chi connectivity index (χ0) is 15.8. The van der Waals surface area contributed by atoms with Gasteiger partial charge < -0.3 is 9.67 Å². The van der Waals surface area contributed by atoms with E-state index in [1.807, 2.05) is 65.2 Å². The van der Waals surface area contributed by atoms with Gasteiger partial charge in [-0.2, -0.15) is 0 Å². The van der Waals surface area contributed by atoms with Gasteiger partial charge in [0.1, 0.15) is 0 Å². The van der Waals surface area contributed by atoms with E-state index in [0.717, 1.165) is 22.3 Å². The molecular weight excluding hydrogens is 327 g/mol. The summed E-state index contributed by atoms with van der Waals surface area (Å²) >= 11 is 5.35. The molecule has 0 aliphatic carbocycles. The number of aryl methyl sites for hydroxylation is 1. The Hall–Kier alpha value is -1.79. The number of pyridine rings is 1. The largest absolute Gasteiger partial charge is 1.00 e. The van der Waals surface area contributed by atoms with Crippen LogP contribution in [0.25, 0.3) is 28.1 Å². The molecule has 0 spiro atoms. The summed E-state index contributed by atoms with van der Waals surface area (Å²) in [5, 5.41) is 9.39. The first-order chi connectivity index (χ1) is 11.2. The zero-order valence-electron chi connectivity index (χ0n) is 13.5. The molecule has 4 aromatic rings. The minimum Gasteiger partial charge on any atom is -0.390 e. The van der Waals surface area contributed by atoms with E-state index in [1.165, 1.54) is 5.56 Å². The molecule has 0 aliphatic rings. The fourth-order valence-electron chi connectivity index (χ4n) is 2.55. The van der Waals surface area contributed by atoms with Crippen LogP contribution in [0.2, 0.25) is 0 Å². The standard InChI is InChI=1S/C18H14N4S.Na/c1-12-6-9-14(10-7-12)22-17(20-21-18(22)23)16-11-8-13-4-2-3-5-15(13)19-16;/h2-11H,1H3,(H,19,21,23);/q;+1/p-1. The van der Waals surface area contributed by atoms with Gasteiger partial charge in [-0.1, -0.05) is 66.3 Å². The summed E-state index contributed by atoms with van der Waals surface area (Å²) in [6.45, 7) is 2.05. The van der Waals surface area contributed by atoms with Crippen molar-refractivity contribution in [2.45, 2.75) is 6.92 Å². The number of hydrogen-bond acceptors (Lipinski definition) is 3. The fraction of sp³-hybridized carbons (Fsp3) is 0.0556. The van der Waals surface area contributed by atoms with Crippen LogP contribution in [-0.4, -0.2) is 14.6 Å². The molecule has 0 unspecified atom stereocenters. The zero-order valence-corrected chi connectivity index (χ0v) is 16.3. The Bertz CT molecular complexity index is 1050. The first kappa shape index (κ1) is 17.0. The maximum absolute atomic E-state index is 5.35. The number of nitrogens with zero attached hydrogens (tertiary/aromatic N) is 4. The molecule has 4 nitrogen and oxygen atoms in total. The van der Waals surface area contributed by atoms with Crippen molar-refractivity contribution in [3.8, 4) is 17.2 Å². The van der Waals surface area contributed by atoms with Crippen LogP contribution in [0.5, 0.6) is 0 Å². The SMILES string of the molecule is Cc1ccc(-n2c(-c3ccc4ccccc4n3)n[n-]c2=S)cc1.[Na+]. The number of fused-ring (bicyclic) bond motifs is 1. The molecule has 2 heterocycles. The molecule has 0 radical (unpaired) electrons. The van der Waals surface area contributed by atoms with Crippen molar-refractivity contribution in [2.24, 2.45) is 0 Å². The van der Waals surface area contributed by atoms with Crippen molar-refractivity contribution < 1.29 is 29.6 Å². The molecule has 0 fully saturated rings. The third-order valence-corrected chi connectivity index (χ3v) is 4.02. The van der Waals surface area contributed by atoms with Gasteiger partial charge in [0.15, 0.2) is 0 Å². The van der Waals surface area contributed by atoms with Crippen LogP contribution >= 0.6 is 12.2 Å². The van der Waals surface area contributed by atoms with Crippen LogP contribution in [0.3, 0.4) is 0 Å². The summed E-state index contributed by atoms with van der Waals surface area (Å²) in [6, 6.07) is 20.1. The molecule has 0 saturated carbocycles. The number of benzene rings is 2. The van der Waals surface area contributed by atoms with E-state index in [0.29, 0.717) is 10.6 Å². The molecule has 6 heteroatoms. The fourth-order valence-corrected chi connectivity index (χ4v) is 2.79. The summed E-state index contributed by atoms with van der Waals surface area (Å²) in [7, 11) is 0. The van der Waals surface area contributed by atoms with Gasteiger partial charge in [0.05, 0.1) is 17.0 Å². The van der Waals surface area contributed by atoms with E-state index in [1.54, 1.807) is 0 Å². The maximum Gasteiger partial charge on any atom is 1.00 e. The molecule has 112 valence electrons. The van der Waals surface area contributed by atoms with Crippen molar-refractivity contribution in [1.82, 2.24) is 19.7 Å². The summed E-state index contributed by atoms with van der Waals surface area (Å²) in [6.07, 6.45) is 0. The summed E-state index contributed by atoms with van der Waals surface area (Å²) in [5.74, 6) is 0.657. The normalized spacial score (nSPS) is 10.5. The molecule has 0 saturated heterocycles. The Balaban J connectivity index is 0.00000169. The van der Waals surface area contributed by atoms with Crippen molar-refractivity contribution in [3.63, 3.8) is 0 Å². The monoisotopic (exact) mass is 340 g/mol. The maximum atomic E-state index is 5.35. The van der Waals surface area contributed by atoms with Gasteiger partial charge in [-0.25, -0.2) is 4.98 Å². The second kappa shape index (κ2) is 6.99. The van der Waals surface area contributed by atoms with E-state index in [9.17, 15) is 0 Å². The average Bonchev–Trinajstić information content (AvgIpc) is 2.97. The van der Waals surface area contributed by atoms with E-state index in [-0.39, 0.29) is 29.6 Å². The van der Waals surface area contributed by atoms with Gasteiger partial charge in [0.25, 0.3) is 0 Å². The smallest absolute Gasteiger partial charge is 0.390 e. The molecule has 0 aliphatic heterocycles. The molecule has 24 heavy (non-hydrogen) atoms. The van der Waals surface area contributed by atoms with Crippen molar-refractivity contribution in [3.05, 3.63) is 71.0 Å². The van der Waals surface area contributed by atoms with Gasteiger partial charge in [-0.05, 0) is 24.7 Å². The first-order valence-corrected chi connectivity index (χ1v) is 7.69. The molecule has 4 rings (SSSR count). The van der Waals surface area contributed by atoms with E-state index >= 15 is 0 Å². The van der Waals surface area contributed by atoms with Crippen molar-refractivity contribution >= 4 is 23.1 Å². The Morgan fingerprint density at radius 3 is 2.50 bits per heavy atom.